The third-order valence-corrected chi connectivity index (χ3v) is 4.07. The normalized spacial score (nSPS) is 23.9. The predicted molar refractivity (Wildman–Crippen MR) is 76.0 cm³/mol. The molecule has 0 radical (unpaired) electrons. The van der Waals surface area contributed by atoms with Crippen LogP contribution in [0.2, 0.25) is 0 Å². The van der Waals surface area contributed by atoms with Crippen molar-refractivity contribution in [2.24, 2.45) is 5.41 Å². The average molecular weight is 247 g/mol. The Hall–Kier alpha value is -1.02. The Balaban J connectivity index is 1.93. The lowest BCUT2D eigenvalue weighted by atomic mass is 9.91. The fourth-order valence-electron chi connectivity index (χ4n) is 2.92. The van der Waals surface area contributed by atoms with E-state index in [1.54, 1.807) is 7.11 Å². The fraction of sp³-hybridized carbons (Fsp3) is 0.625. The molecule has 2 atom stereocenters. The Kier molecular flexibility index (Phi) is 3.96. The van der Waals surface area contributed by atoms with Gasteiger partial charge >= 0.3 is 0 Å². The van der Waals surface area contributed by atoms with Gasteiger partial charge in [-0.3, -0.25) is 0 Å². The Bertz CT molecular complexity index is 383. The minimum Gasteiger partial charge on any atom is -0.497 e. The predicted octanol–water partition coefficient (Wildman–Crippen LogP) is 3.92. The first-order valence-corrected chi connectivity index (χ1v) is 6.90. The summed E-state index contributed by atoms with van der Waals surface area (Å²) in [5.41, 5.74) is 1.85. The molecule has 100 valence electrons. The summed E-state index contributed by atoms with van der Waals surface area (Å²) in [5, 5.41) is 3.75. The molecule has 1 aromatic carbocycles. The quantitative estimate of drug-likeness (QED) is 0.870. The number of nitrogens with one attached hydrogen (secondary N) is 1. The number of hydrogen-bond acceptors (Lipinski definition) is 2. The minimum absolute atomic E-state index is 0.412. The average Bonchev–Trinajstić information content (AvgIpc) is 2.68. The van der Waals surface area contributed by atoms with Gasteiger partial charge in [0.2, 0.25) is 0 Å². The first kappa shape index (κ1) is 13.4. The molecule has 1 aliphatic carbocycles. The van der Waals surface area contributed by atoms with Crippen molar-refractivity contribution in [1.29, 1.82) is 0 Å². The zero-order valence-electron chi connectivity index (χ0n) is 12.0. The largest absolute Gasteiger partial charge is 0.497 e. The SMILES string of the molecule is COc1ccc(C(C)NC2CCC(C)(C)C2)cc1. The van der Waals surface area contributed by atoms with Crippen LogP contribution in [0.25, 0.3) is 0 Å². The van der Waals surface area contributed by atoms with E-state index in [4.69, 9.17) is 4.74 Å². The van der Waals surface area contributed by atoms with Crippen molar-refractivity contribution in [3.8, 4) is 5.75 Å². The first-order valence-electron chi connectivity index (χ1n) is 6.90. The van der Waals surface area contributed by atoms with Crippen LogP contribution in [0.5, 0.6) is 5.75 Å². The molecule has 1 aliphatic rings. The molecule has 0 amide bonds. The van der Waals surface area contributed by atoms with Crippen molar-refractivity contribution in [3.63, 3.8) is 0 Å². The summed E-state index contributed by atoms with van der Waals surface area (Å²) in [7, 11) is 1.71. The van der Waals surface area contributed by atoms with Crippen molar-refractivity contribution in [2.45, 2.75) is 52.1 Å². The Labute approximate surface area is 111 Å². The molecule has 2 unspecified atom stereocenters. The van der Waals surface area contributed by atoms with Crippen LogP contribution in [0.1, 0.15) is 51.6 Å². The van der Waals surface area contributed by atoms with Crippen LogP contribution in [-0.2, 0) is 0 Å². The molecule has 0 aromatic heterocycles. The summed E-state index contributed by atoms with van der Waals surface area (Å²) in [6, 6.07) is 9.44. The fourth-order valence-corrected chi connectivity index (χ4v) is 2.92. The van der Waals surface area contributed by atoms with Crippen LogP contribution in [0.15, 0.2) is 24.3 Å². The molecule has 0 saturated heterocycles. The topological polar surface area (TPSA) is 21.3 Å². The smallest absolute Gasteiger partial charge is 0.118 e. The van der Waals surface area contributed by atoms with Gasteiger partial charge in [0.1, 0.15) is 5.75 Å². The molecule has 0 bridgehead atoms. The van der Waals surface area contributed by atoms with Gasteiger partial charge in [-0.1, -0.05) is 26.0 Å². The van der Waals surface area contributed by atoms with Gasteiger partial charge < -0.3 is 10.1 Å². The summed E-state index contributed by atoms with van der Waals surface area (Å²) in [6.07, 6.45) is 3.92. The van der Waals surface area contributed by atoms with Crippen LogP contribution in [0.3, 0.4) is 0 Å². The highest BCUT2D eigenvalue weighted by molar-refractivity contribution is 5.28. The van der Waals surface area contributed by atoms with Crippen molar-refractivity contribution < 1.29 is 4.74 Å². The molecule has 2 nitrogen and oxygen atoms in total. The van der Waals surface area contributed by atoms with Gasteiger partial charge in [0.25, 0.3) is 0 Å². The summed E-state index contributed by atoms with van der Waals surface area (Å²) in [5.74, 6) is 0.924. The van der Waals surface area contributed by atoms with Crippen LogP contribution in [0, 0.1) is 5.41 Å². The van der Waals surface area contributed by atoms with Crippen molar-refractivity contribution in [3.05, 3.63) is 29.8 Å². The number of benzene rings is 1. The number of rotatable bonds is 4. The molecule has 1 aromatic rings. The van der Waals surface area contributed by atoms with Gasteiger partial charge in [-0.05, 0) is 49.3 Å². The minimum atomic E-state index is 0.412. The third kappa shape index (κ3) is 3.26. The van der Waals surface area contributed by atoms with E-state index in [1.807, 2.05) is 12.1 Å². The lowest BCUT2D eigenvalue weighted by Crippen LogP contribution is -2.30. The maximum absolute atomic E-state index is 5.19. The summed E-state index contributed by atoms with van der Waals surface area (Å²) in [4.78, 5) is 0. The molecule has 0 aliphatic heterocycles. The van der Waals surface area contributed by atoms with Gasteiger partial charge in [0, 0.05) is 12.1 Å². The van der Waals surface area contributed by atoms with E-state index < -0.39 is 0 Å². The van der Waals surface area contributed by atoms with E-state index in [0.717, 1.165) is 5.75 Å². The van der Waals surface area contributed by atoms with E-state index in [0.29, 0.717) is 17.5 Å². The second-order valence-electron chi connectivity index (χ2n) is 6.27. The van der Waals surface area contributed by atoms with Crippen LogP contribution >= 0.6 is 0 Å². The molecule has 1 N–H and O–H groups in total. The maximum Gasteiger partial charge on any atom is 0.118 e. The lowest BCUT2D eigenvalue weighted by Gasteiger charge is -2.22. The zero-order valence-corrected chi connectivity index (χ0v) is 12.0. The molecule has 0 spiro atoms. The standard InChI is InChI=1S/C16H25NO/c1-12(13-5-7-15(18-4)8-6-13)17-14-9-10-16(2,3)11-14/h5-8,12,14,17H,9-11H2,1-4H3. The molecule has 0 heterocycles. The van der Waals surface area contributed by atoms with E-state index in [-0.39, 0.29) is 0 Å². The second-order valence-corrected chi connectivity index (χ2v) is 6.27. The van der Waals surface area contributed by atoms with Crippen molar-refractivity contribution >= 4 is 0 Å². The molecule has 1 fully saturated rings. The van der Waals surface area contributed by atoms with Gasteiger partial charge in [-0.15, -0.1) is 0 Å². The third-order valence-electron chi connectivity index (χ3n) is 4.07. The summed E-state index contributed by atoms with van der Waals surface area (Å²) in [6.45, 7) is 6.98. The molecule has 2 heteroatoms. The monoisotopic (exact) mass is 247 g/mol. The van der Waals surface area contributed by atoms with Crippen LogP contribution in [0.4, 0.5) is 0 Å². The first-order chi connectivity index (χ1) is 8.50. The number of ether oxygens (including phenoxy) is 1. The van der Waals surface area contributed by atoms with Crippen molar-refractivity contribution in [2.75, 3.05) is 7.11 Å². The van der Waals surface area contributed by atoms with Gasteiger partial charge in [-0.25, -0.2) is 0 Å². The number of methoxy groups -OCH3 is 1. The summed E-state index contributed by atoms with van der Waals surface area (Å²) >= 11 is 0. The van der Waals surface area contributed by atoms with Gasteiger partial charge in [0.15, 0.2) is 0 Å². The van der Waals surface area contributed by atoms with Gasteiger partial charge in [0.05, 0.1) is 7.11 Å². The highest BCUT2D eigenvalue weighted by atomic mass is 16.5. The van der Waals surface area contributed by atoms with E-state index in [9.17, 15) is 0 Å². The van der Waals surface area contributed by atoms with Crippen LogP contribution < -0.4 is 10.1 Å². The highest BCUT2D eigenvalue weighted by Gasteiger charge is 2.31. The summed E-state index contributed by atoms with van der Waals surface area (Å²) < 4.78 is 5.19. The van der Waals surface area contributed by atoms with Crippen LogP contribution in [-0.4, -0.2) is 13.2 Å². The van der Waals surface area contributed by atoms with E-state index in [2.05, 4.69) is 38.2 Å². The van der Waals surface area contributed by atoms with Crippen molar-refractivity contribution in [1.82, 2.24) is 5.32 Å². The highest BCUT2D eigenvalue weighted by Crippen LogP contribution is 2.37. The molecule has 2 rings (SSSR count). The lowest BCUT2D eigenvalue weighted by molar-refractivity contribution is 0.356. The Morgan fingerprint density at radius 3 is 2.44 bits per heavy atom. The Morgan fingerprint density at radius 2 is 1.94 bits per heavy atom. The molecular weight excluding hydrogens is 222 g/mol. The zero-order chi connectivity index (χ0) is 13.2. The molecule has 18 heavy (non-hydrogen) atoms. The van der Waals surface area contributed by atoms with E-state index in [1.165, 1.54) is 24.8 Å². The number of hydrogen-bond donors (Lipinski definition) is 1. The molecular formula is C16H25NO. The van der Waals surface area contributed by atoms with E-state index >= 15 is 0 Å². The van der Waals surface area contributed by atoms with Gasteiger partial charge in [-0.2, -0.15) is 0 Å². The maximum atomic E-state index is 5.19. The second kappa shape index (κ2) is 5.31. The Morgan fingerprint density at radius 1 is 1.28 bits per heavy atom. The molecule has 1 saturated carbocycles.